The molecule has 1 N–H and O–H groups in total. The van der Waals surface area contributed by atoms with E-state index in [4.69, 9.17) is 16.3 Å². The Morgan fingerprint density at radius 1 is 0.894 bits per heavy atom. The quantitative estimate of drug-likeness (QED) is 0.141. The number of hydrogen-bond donors (Lipinski definition) is 1. The number of sulfonamides is 1. The molecule has 8 nitrogen and oxygen atoms in total. The highest BCUT2D eigenvalue weighted by Crippen LogP contribution is 2.30. The average Bonchev–Trinajstić information content (AvgIpc) is 3.07. The summed E-state index contributed by atoms with van der Waals surface area (Å²) in [5.41, 5.74) is 3.38. The van der Waals surface area contributed by atoms with Crippen LogP contribution >= 0.6 is 11.6 Å². The fraction of sp³-hybridized carbons (Fsp3) is 0.297. The Labute approximate surface area is 283 Å². The van der Waals surface area contributed by atoms with E-state index in [0.29, 0.717) is 22.9 Å². The lowest BCUT2D eigenvalue weighted by atomic mass is 10.0. The van der Waals surface area contributed by atoms with Gasteiger partial charge in [-0.05, 0) is 73.4 Å². The standard InChI is InChI=1S/C37H42ClN3O5S/c1-5-6-21-39-37(43)35(23-29-11-8-7-9-12-29)40(25-30-13-10-14-32(22-30)46-4)36(42)26-41(34-24-31(38)18-17-28(34)3)47(44,45)33-19-15-27(2)16-20-33/h7-20,22,24,35H,5-6,21,23,25-26H2,1-4H3,(H,39,43). The maximum absolute atomic E-state index is 14.7. The largest absolute Gasteiger partial charge is 0.497 e. The van der Waals surface area contributed by atoms with E-state index in [1.54, 1.807) is 56.5 Å². The Bertz CT molecular complexity index is 1760. The van der Waals surface area contributed by atoms with Crippen LogP contribution < -0.4 is 14.4 Å². The minimum atomic E-state index is -4.24. The molecular weight excluding hydrogens is 634 g/mol. The molecule has 2 amide bonds. The third-order valence-electron chi connectivity index (χ3n) is 7.92. The van der Waals surface area contributed by atoms with Crippen molar-refractivity contribution in [3.8, 4) is 5.75 Å². The molecule has 0 radical (unpaired) electrons. The van der Waals surface area contributed by atoms with E-state index < -0.39 is 28.5 Å². The third kappa shape index (κ3) is 9.36. The summed E-state index contributed by atoms with van der Waals surface area (Å²) in [6.07, 6.45) is 1.90. The van der Waals surface area contributed by atoms with Crippen LogP contribution in [-0.2, 0) is 32.6 Å². The second kappa shape index (κ2) is 16.5. The van der Waals surface area contributed by atoms with Gasteiger partial charge in [0.25, 0.3) is 10.0 Å². The molecule has 47 heavy (non-hydrogen) atoms. The van der Waals surface area contributed by atoms with Gasteiger partial charge < -0.3 is 15.0 Å². The zero-order valence-corrected chi connectivity index (χ0v) is 28.9. The van der Waals surface area contributed by atoms with Crippen LogP contribution in [0.3, 0.4) is 0 Å². The summed E-state index contributed by atoms with van der Waals surface area (Å²) in [6.45, 7) is 5.61. The monoisotopic (exact) mass is 675 g/mol. The zero-order chi connectivity index (χ0) is 34.0. The van der Waals surface area contributed by atoms with Gasteiger partial charge in [-0.15, -0.1) is 0 Å². The number of aryl methyl sites for hydroxylation is 2. The molecule has 0 heterocycles. The van der Waals surface area contributed by atoms with Crippen molar-refractivity contribution >= 4 is 39.1 Å². The molecule has 0 aliphatic carbocycles. The molecule has 0 aromatic heterocycles. The van der Waals surface area contributed by atoms with E-state index in [-0.39, 0.29) is 29.5 Å². The Morgan fingerprint density at radius 3 is 2.28 bits per heavy atom. The Kier molecular flexibility index (Phi) is 12.4. The first-order valence-electron chi connectivity index (χ1n) is 15.6. The number of methoxy groups -OCH3 is 1. The van der Waals surface area contributed by atoms with E-state index in [9.17, 15) is 18.0 Å². The van der Waals surface area contributed by atoms with Crippen molar-refractivity contribution in [2.24, 2.45) is 0 Å². The molecule has 0 saturated carbocycles. The first-order valence-corrected chi connectivity index (χ1v) is 17.4. The van der Waals surface area contributed by atoms with Crippen molar-refractivity contribution in [1.82, 2.24) is 10.2 Å². The molecule has 4 rings (SSSR count). The first-order chi connectivity index (χ1) is 22.5. The number of anilines is 1. The van der Waals surface area contributed by atoms with Gasteiger partial charge >= 0.3 is 0 Å². The SMILES string of the molecule is CCCCNC(=O)C(Cc1ccccc1)N(Cc1cccc(OC)c1)C(=O)CN(c1cc(Cl)ccc1C)S(=O)(=O)c1ccc(C)cc1. The summed E-state index contributed by atoms with van der Waals surface area (Å²) >= 11 is 6.37. The van der Waals surface area contributed by atoms with Crippen LogP contribution in [0.25, 0.3) is 0 Å². The van der Waals surface area contributed by atoms with Gasteiger partial charge in [-0.2, -0.15) is 0 Å². The van der Waals surface area contributed by atoms with Crippen molar-refractivity contribution in [1.29, 1.82) is 0 Å². The van der Waals surface area contributed by atoms with Gasteiger partial charge in [-0.3, -0.25) is 13.9 Å². The number of nitrogens with one attached hydrogen (secondary N) is 1. The summed E-state index contributed by atoms with van der Waals surface area (Å²) in [5, 5.41) is 3.33. The fourth-order valence-electron chi connectivity index (χ4n) is 5.23. The number of ether oxygens (including phenoxy) is 1. The molecule has 1 atom stereocenters. The van der Waals surface area contributed by atoms with Gasteiger partial charge in [0.2, 0.25) is 11.8 Å². The van der Waals surface area contributed by atoms with E-state index in [1.807, 2.05) is 56.3 Å². The van der Waals surface area contributed by atoms with Crippen LogP contribution in [0.1, 0.15) is 42.0 Å². The van der Waals surface area contributed by atoms with Gasteiger partial charge in [0, 0.05) is 24.5 Å². The Morgan fingerprint density at radius 2 is 1.60 bits per heavy atom. The van der Waals surface area contributed by atoms with Crippen molar-refractivity contribution in [2.45, 2.75) is 57.5 Å². The maximum atomic E-state index is 14.7. The normalized spacial score (nSPS) is 11.9. The molecule has 4 aromatic carbocycles. The number of unbranched alkanes of at least 4 members (excludes halogenated alkanes) is 1. The van der Waals surface area contributed by atoms with E-state index in [1.165, 1.54) is 17.0 Å². The van der Waals surface area contributed by atoms with Gasteiger partial charge in [0.05, 0.1) is 17.7 Å². The molecule has 1 unspecified atom stereocenters. The van der Waals surface area contributed by atoms with Crippen molar-refractivity contribution in [2.75, 3.05) is 24.5 Å². The predicted molar refractivity (Wildman–Crippen MR) is 187 cm³/mol. The average molecular weight is 676 g/mol. The number of halogens is 1. The molecule has 0 bridgehead atoms. The highest BCUT2D eigenvalue weighted by Gasteiger charge is 2.35. The van der Waals surface area contributed by atoms with Crippen LogP contribution in [0, 0.1) is 13.8 Å². The number of amides is 2. The van der Waals surface area contributed by atoms with Crippen molar-refractivity contribution in [3.63, 3.8) is 0 Å². The van der Waals surface area contributed by atoms with E-state index in [0.717, 1.165) is 33.8 Å². The minimum Gasteiger partial charge on any atom is -0.497 e. The molecule has 0 saturated heterocycles. The summed E-state index contributed by atoms with van der Waals surface area (Å²) in [5.74, 6) is -0.264. The van der Waals surface area contributed by atoms with Crippen LogP contribution in [0.5, 0.6) is 5.75 Å². The number of nitrogens with zero attached hydrogens (tertiary/aromatic N) is 2. The molecular formula is C37H42ClN3O5S. The van der Waals surface area contributed by atoms with Crippen LogP contribution in [0.4, 0.5) is 5.69 Å². The van der Waals surface area contributed by atoms with Gasteiger partial charge in [-0.1, -0.05) is 91.2 Å². The molecule has 0 aliphatic rings. The number of hydrogen-bond acceptors (Lipinski definition) is 5. The molecule has 10 heteroatoms. The summed E-state index contributed by atoms with van der Waals surface area (Å²) in [4.78, 5) is 30.1. The molecule has 4 aromatic rings. The highest BCUT2D eigenvalue weighted by molar-refractivity contribution is 7.92. The summed E-state index contributed by atoms with van der Waals surface area (Å²) < 4.78 is 35.1. The first kappa shape index (κ1) is 35.5. The smallest absolute Gasteiger partial charge is 0.264 e. The second-order valence-corrected chi connectivity index (χ2v) is 13.8. The Balaban J connectivity index is 1.83. The minimum absolute atomic E-state index is 0.0350. The fourth-order valence-corrected chi connectivity index (χ4v) is 6.87. The number of carbonyl (C=O) groups is 2. The second-order valence-electron chi connectivity index (χ2n) is 11.5. The Hall–Kier alpha value is -4.34. The number of benzene rings is 4. The van der Waals surface area contributed by atoms with Gasteiger partial charge in [0.15, 0.2) is 0 Å². The molecule has 0 fully saturated rings. The maximum Gasteiger partial charge on any atom is 0.264 e. The third-order valence-corrected chi connectivity index (χ3v) is 9.92. The lowest BCUT2D eigenvalue weighted by Crippen LogP contribution is -2.53. The van der Waals surface area contributed by atoms with Crippen LogP contribution in [0.15, 0.2) is 102 Å². The van der Waals surface area contributed by atoms with Crippen LogP contribution in [-0.4, -0.2) is 51.4 Å². The summed E-state index contributed by atoms with van der Waals surface area (Å²) in [6, 6.07) is 27.2. The van der Waals surface area contributed by atoms with Gasteiger partial charge in [-0.25, -0.2) is 8.42 Å². The lowest BCUT2D eigenvalue weighted by molar-refractivity contribution is -0.140. The van der Waals surface area contributed by atoms with Crippen molar-refractivity contribution < 1.29 is 22.7 Å². The molecule has 248 valence electrons. The number of rotatable bonds is 15. The molecule has 0 spiro atoms. The zero-order valence-electron chi connectivity index (χ0n) is 27.3. The highest BCUT2D eigenvalue weighted by atomic mass is 35.5. The van der Waals surface area contributed by atoms with E-state index in [2.05, 4.69) is 5.32 Å². The van der Waals surface area contributed by atoms with Gasteiger partial charge in [0.1, 0.15) is 18.3 Å². The lowest BCUT2D eigenvalue weighted by Gasteiger charge is -2.34. The van der Waals surface area contributed by atoms with Crippen molar-refractivity contribution in [3.05, 3.63) is 124 Å². The van der Waals surface area contributed by atoms with E-state index >= 15 is 0 Å². The number of carbonyl (C=O) groups excluding carboxylic acids is 2. The summed E-state index contributed by atoms with van der Waals surface area (Å²) in [7, 11) is -2.68. The predicted octanol–water partition coefficient (Wildman–Crippen LogP) is 6.72. The molecule has 0 aliphatic heterocycles. The topological polar surface area (TPSA) is 96.0 Å². The van der Waals surface area contributed by atoms with Crippen LogP contribution in [0.2, 0.25) is 5.02 Å².